The second kappa shape index (κ2) is 8.10. The summed E-state index contributed by atoms with van der Waals surface area (Å²) in [5.74, 6) is 0.125. The van der Waals surface area contributed by atoms with E-state index in [1.807, 2.05) is 42.2 Å². The molecule has 1 aliphatic heterocycles. The molecule has 0 bridgehead atoms. The molecule has 1 unspecified atom stereocenters. The van der Waals surface area contributed by atoms with Crippen molar-refractivity contribution in [2.75, 3.05) is 20.1 Å². The normalized spacial score (nSPS) is 16.6. The van der Waals surface area contributed by atoms with Gasteiger partial charge in [0.2, 0.25) is 5.91 Å². The second-order valence-corrected chi connectivity index (χ2v) is 7.66. The standard InChI is InChI=1S/C22H27N5O/c1-17(27-21-11-7-6-10-20(21)23-24-27)22(28)26-14-12-19(13-15-26)25(2)16-18-8-4-3-5-9-18/h3-11,17,19H,12-16H2,1-2H3. The van der Waals surface area contributed by atoms with Crippen molar-refractivity contribution in [2.45, 2.75) is 38.4 Å². The zero-order chi connectivity index (χ0) is 19.5. The van der Waals surface area contributed by atoms with E-state index in [1.54, 1.807) is 4.68 Å². The van der Waals surface area contributed by atoms with E-state index in [0.717, 1.165) is 43.5 Å². The monoisotopic (exact) mass is 377 g/mol. The number of para-hydroxylation sites is 1. The topological polar surface area (TPSA) is 54.3 Å². The molecule has 1 atom stereocenters. The van der Waals surface area contributed by atoms with Gasteiger partial charge in [0.1, 0.15) is 11.6 Å². The van der Waals surface area contributed by atoms with Crippen molar-refractivity contribution in [1.29, 1.82) is 0 Å². The fourth-order valence-corrected chi connectivity index (χ4v) is 4.07. The highest BCUT2D eigenvalue weighted by Crippen LogP contribution is 2.22. The molecule has 2 heterocycles. The van der Waals surface area contributed by atoms with Crippen LogP contribution in [0.4, 0.5) is 0 Å². The number of hydrogen-bond donors (Lipinski definition) is 0. The first kappa shape index (κ1) is 18.6. The van der Waals surface area contributed by atoms with Gasteiger partial charge in [-0.1, -0.05) is 47.7 Å². The largest absolute Gasteiger partial charge is 0.341 e. The maximum atomic E-state index is 13.0. The fraction of sp³-hybridized carbons (Fsp3) is 0.409. The first-order valence-corrected chi connectivity index (χ1v) is 9.96. The van der Waals surface area contributed by atoms with Crippen LogP contribution in [0.3, 0.4) is 0 Å². The quantitative estimate of drug-likeness (QED) is 0.686. The summed E-state index contributed by atoms with van der Waals surface area (Å²) in [5.41, 5.74) is 3.06. The molecule has 28 heavy (non-hydrogen) atoms. The lowest BCUT2D eigenvalue weighted by Gasteiger charge is -2.37. The van der Waals surface area contributed by atoms with E-state index in [-0.39, 0.29) is 11.9 Å². The fourth-order valence-electron chi connectivity index (χ4n) is 4.07. The molecule has 6 heteroatoms. The third kappa shape index (κ3) is 3.78. The van der Waals surface area contributed by atoms with Crippen LogP contribution in [0, 0.1) is 0 Å². The Morgan fingerprint density at radius 2 is 1.79 bits per heavy atom. The Morgan fingerprint density at radius 3 is 2.54 bits per heavy atom. The number of fused-ring (bicyclic) bond motifs is 1. The van der Waals surface area contributed by atoms with E-state index < -0.39 is 0 Å². The van der Waals surface area contributed by atoms with Crippen molar-refractivity contribution in [3.8, 4) is 0 Å². The van der Waals surface area contributed by atoms with Crippen molar-refractivity contribution < 1.29 is 4.79 Å². The van der Waals surface area contributed by atoms with E-state index in [4.69, 9.17) is 0 Å². The van der Waals surface area contributed by atoms with Crippen LogP contribution in [0.15, 0.2) is 54.6 Å². The number of piperidine rings is 1. The second-order valence-electron chi connectivity index (χ2n) is 7.66. The van der Waals surface area contributed by atoms with Gasteiger partial charge in [0, 0.05) is 25.7 Å². The van der Waals surface area contributed by atoms with Gasteiger partial charge < -0.3 is 4.90 Å². The molecule has 6 nitrogen and oxygen atoms in total. The van der Waals surface area contributed by atoms with Crippen molar-refractivity contribution >= 4 is 16.9 Å². The van der Waals surface area contributed by atoms with Crippen LogP contribution in [-0.4, -0.2) is 56.9 Å². The van der Waals surface area contributed by atoms with Crippen molar-refractivity contribution in [2.24, 2.45) is 0 Å². The summed E-state index contributed by atoms with van der Waals surface area (Å²) < 4.78 is 1.74. The van der Waals surface area contributed by atoms with Crippen LogP contribution in [0.2, 0.25) is 0 Å². The number of benzene rings is 2. The van der Waals surface area contributed by atoms with E-state index in [1.165, 1.54) is 5.56 Å². The Hall–Kier alpha value is -2.73. The average molecular weight is 377 g/mol. The number of amides is 1. The molecule has 2 aromatic carbocycles. The summed E-state index contributed by atoms with van der Waals surface area (Å²) in [6.07, 6.45) is 2.00. The summed E-state index contributed by atoms with van der Waals surface area (Å²) in [6, 6.07) is 18.5. The van der Waals surface area contributed by atoms with E-state index in [9.17, 15) is 4.79 Å². The Kier molecular flexibility index (Phi) is 5.39. The summed E-state index contributed by atoms with van der Waals surface area (Å²) >= 11 is 0. The molecule has 1 saturated heterocycles. The Bertz CT molecular complexity index is 930. The third-order valence-electron chi connectivity index (χ3n) is 5.78. The number of carbonyl (C=O) groups excluding carboxylic acids is 1. The molecule has 1 amide bonds. The Morgan fingerprint density at radius 1 is 1.11 bits per heavy atom. The molecular formula is C22H27N5O. The smallest absolute Gasteiger partial charge is 0.247 e. The van der Waals surface area contributed by atoms with Gasteiger partial charge in [0.15, 0.2) is 0 Å². The van der Waals surface area contributed by atoms with Crippen molar-refractivity contribution in [3.05, 3.63) is 60.2 Å². The minimum absolute atomic E-state index is 0.125. The van der Waals surface area contributed by atoms with E-state index in [0.29, 0.717) is 6.04 Å². The highest BCUT2D eigenvalue weighted by Gasteiger charge is 2.29. The number of nitrogens with zero attached hydrogens (tertiary/aromatic N) is 5. The average Bonchev–Trinajstić information content (AvgIpc) is 3.17. The third-order valence-corrected chi connectivity index (χ3v) is 5.78. The predicted molar refractivity (Wildman–Crippen MR) is 110 cm³/mol. The van der Waals surface area contributed by atoms with Gasteiger partial charge in [-0.2, -0.15) is 0 Å². The van der Waals surface area contributed by atoms with Gasteiger partial charge in [0.05, 0.1) is 5.52 Å². The van der Waals surface area contributed by atoms with Gasteiger partial charge in [-0.05, 0) is 44.5 Å². The highest BCUT2D eigenvalue weighted by molar-refractivity contribution is 5.83. The molecule has 1 fully saturated rings. The van der Waals surface area contributed by atoms with Gasteiger partial charge in [-0.25, -0.2) is 4.68 Å². The van der Waals surface area contributed by atoms with Crippen LogP contribution in [0.25, 0.3) is 11.0 Å². The summed E-state index contributed by atoms with van der Waals surface area (Å²) in [7, 11) is 2.18. The molecule has 1 aliphatic rings. The maximum Gasteiger partial charge on any atom is 0.247 e. The number of aromatic nitrogens is 3. The Balaban J connectivity index is 1.36. The first-order chi connectivity index (χ1) is 13.6. The zero-order valence-electron chi connectivity index (χ0n) is 16.5. The summed E-state index contributed by atoms with van der Waals surface area (Å²) in [6.45, 7) is 4.44. The Labute approximate surface area is 165 Å². The number of rotatable bonds is 5. The lowest BCUT2D eigenvalue weighted by molar-refractivity contribution is -0.136. The summed E-state index contributed by atoms with van der Waals surface area (Å²) in [5, 5.41) is 8.39. The van der Waals surface area contributed by atoms with Crippen LogP contribution in [-0.2, 0) is 11.3 Å². The first-order valence-electron chi connectivity index (χ1n) is 9.96. The SMILES string of the molecule is CC(C(=O)N1CCC(N(C)Cc2ccccc2)CC1)n1nnc2ccccc21. The molecule has 146 valence electrons. The molecule has 0 N–H and O–H groups in total. The van der Waals surface area contributed by atoms with Crippen LogP contribution >= 0.6 is 0 Å². The molecular weight excluding hydrogens is 350 g/mol. The molecule has 4 rings (SSSR count). The predicted octanol–water partition coefficient (Wildman–Crippen LogP) is 3.12. The van der Waals surface area contributed by atoms with Gasteiger partial charge >= 0.3 is 0 Å². The maximum absolute atomic E-state index is 13.0. The highest BCUT2D eigenvalue weighted by atomic mass is 16.2. The number of likely N-dealkylation sites (tertiary alicyclic amines) is 1. The molecule has 0 aliphatic carbocycles. The lowest BCUT2D eigenvalue weighted by Crippen LogP contribution is -2.47. The molecule has 0 saturated carbocycles. The number of hydrogen-bond acceptors (Lipinski definition) is 4. The van der Waals surface area contributed by atoms with E-state index >= 15 is 0 Å². The molecule has 1 aromatic heterocycles. The molecule has 0 radical (unpaired) electrons. The van der Waals surface area contributed by atoms with Gasteiger partial charge in [0.25, 0.3) is 0 Å². The van der Waals surface area contributed by atoms with Crippen LogP contribution < -0.4 is 0 Å². The lowest BCUT2D eigenvalue weighted by atomic mass is 10.0. The minimum atomic E-state index is -0.342. The number of carbonyl (C=O) groups is 1. The van der Waals surface area contributed by atoms with Crippen LogP contribution in [0.5, 0.6) is 0 Å². The van der Waals surface area contributed by atoms with Crippen molar-refractivity contribution in [3.63, 3.8) is 0 Å². The van der Waals surface area contributed by atoms with Gasteiger partial charge in [-0.15, -0.1) is 5.10 Å². The molecule has 3 aromatic rings. The molecule has 0 spiro atoms. The van der Waals surface area contributed by atoms with Gasteiger partial charge in [-0.3, -0.25) is 9.69 Å². The summed E-state index contributed by atoms with van der Waals surface area (Å²) in [4.78, 5) is 17.4. The minimum Gasteiger partial charge on any atom is -0.341 e. The van der Waals surface area contributed by atoms with E-state index in [2.05, 4.69) is 46.5 Å². The zero-order valence-corrected chi connectivity index (χ0v) is 16.5. The van der Waals surface area contributed by atoms with Crippen LogP contribution in [0.1, 0.15) is 31.4 Å². The van der Waals surface area contributed by atoms with Crippen molar-refractivity contribution in [1.82, 2.24) is 24.8 Å².